The van der Waals surface area contributed by atoms with Crippen LogP contribution in [0.5, 0.6) is 11.5 Å². The van der Waals surface area contributed by atoms with Gasteiger partial charge in [-0.1, -0.05) is 18.3 Å². The van der Waals surface area contributed by atoms with Gasteiger partial charge in [-0.2, -0.15) is 0 Å². The van der Waals surface area contributed by atoms with Crippen LogP contribution in [-0.4, -0.2) is 59.4 Å². The third kappa shape index (κ3) is 1.48. The molecule has 4 aliphatic rings. The van der Waals surface area contributed by atoms with Gasteiger partial charge in [-0.05, 0) is 31.2 Å². The lowest BCUT2D eigenvalue weighted by Crippen LogP contribution is -2.55. The maximum absolute atomic E-state index is 6.52. The van der Waals surface area contributed by atoms with Gasteiger partial charge in [-0.15, -0.1) is 0 Å². The standard InChI is InChI=1S/C18H21NO3Si/c1-19-9-18-11-5-7-14(22-23-3)17(18)21-16-13(20-2)6-4-10(15(16)18)8-12(11)19/h4-7,11-12,14,17,23H,3,8-9H2,1-2H3/t11?,12?,14?,17?,18-/m0/s1. The van der Waals surface area contributed by atoms with E-state index in [4.69, 9.17) is 13.9 Å². The molecule has 1 saturated heterocycles. The Morgan fingerprint density at radius 2 is 2.26 bits per heavy atom. The van der Waals surface area contributed by atoms with Crippen molar-refractivity contribution >= 4 is 15.6 Å². The topological polar surface area (TPSA) is 30.9 Å². The predicted molar refractivity (Wildman–Crippen MR) is 91.0 cm³/mol. The van der Waals surface area contributed by atoms with E-state index in [0.29, 0.717) is 12.0 Å². The Morgan fingerprint density at radius 1 is 1.39 bits per heavy atom. The van der Waals surface area contributed by atoms with Crippen LogP contribution in [0.1, 0.15) is 11.1 Å². The lowest BCUT2D eigenvalue weighted by Gasteiger charge is -2.44. The number of methoxy groups -OCH3 is 1. The molecular weight excluding hydrogens is 306 g/mol. The highest BCUT2D eigenvalue weighted by Gasteiger charge is 2.67. The molecule has 0 amide bonds. The van der Waals surface area contributed by atoms with Crippen molar-refractivity contribution in [2.24, 2.45) is 5.92 Å². The molecule has 2 heterocycles. The molecule has 1 spiro atoms. The second-order valence-corrected chi connectivity index (χ2v) is 7.68. The second kappa shape index (κ2) is 4.48. The summed E-state index contributed by atoms with van der Waals surface area (Å²) in [5, 5.41) is 0. The van der Waals surface area contributed by atoms with E-state index < -0.39 is 0 Å². The smallest absolute Gasteiger partial charge is 0.209 e. The molecular formula is C18H21NO3Si. The van der Waals surface area contributed by atoms with Gasteiger partial charge in [0.2, 0.25) is 9.38 Å². The van der Waals surface area contributed by atoms with Crippen LogP contribution in [0.15, 0.2) is 24.3 Å². The summed E-state index contributed by atoms with van der Waals surface area (Å²) < 4.78 is 18.1. The van der Waals surface area contributed by atoms with Gasteiger partial charge in [0.15, 0.2) is 11.5 Å². The fourth-order valence-electron chi connectivity index (χ4n) is 5.44. The van der Waals surface area contributed by atoms with E-state index in [2.05, 4.69) is 42.4 Å². The summed E-state index contributed by atoms with van der Waals surface area (Å²) in [5.74, 6) is 2.29. The molecule has 4 nitrogen and oxygen atoms in total. The molecule has 120 valence electrons. The van der Waals surface area contributed by atoms with Crippen molar-refractivity contribution in [3.63, 3.8) is 0 Å². The average Bonchev–Trinajstić information content (AvgIpc) is 2.99. The van der Waals surface area contributed by atoms with Crippen LogP contribution in [0.3, 0.4) is 0 Å². The number of likely N-dealkylation sites (N-methyl/N-ethyl adjacent to an activating group) is 1. The van der Waals surface area contributed by atoms with Gasteiger partial charge in [-0.3, -0.25) is 0 Å². The number of benzene rings is 1. The Morgan fingerprint density at radius 3 is 3.04 bits per heavy atom. The summed E-state index contributed by atoms with van der Waals surface area (Å²) in [4.78, 5) is 2.51. The van der Waals surface area contributed by atoms with Gasteiger partial charge in [0.25, 0.3) is 0 Å². The summed E-state index contributed by atoms with van der Waals surface area (Å²) >= 11 is 0. The molecule has 5 atom stereocenters. The molecule has 4 unspecified atom stereocenters. The lowest BCUT2D eigenvalue weighted by atomic mass is 9.59. The third-order valence-electron chi connectivity index (χ3n) is 6.22. The molecule has 0 saturated carbocycles. The molecule has 0 N–H and O–H groups in total. The van der Waals surface area contributed by atoms with E-state index in [1.807, 2.05) is 0 Å². The van der Waals surface area contributed by atoms with Crippen molar-refractivity contribution in [3.05, 3.63) is 35.4 Å². The fourth-order valence-corrected chi connectivity index (χ4v) is 5.90. The third-order valence-corrected chi connectivity index (χ3v) is 6.73. The zero-order valence-corrected chi connectivity index (χ0v) is 14.6. The first-order chi connectivity index (χ1) is 11.2. The van der Waals surface area contributed by atoms with Crippen LogP contribution < -0.4 is 9.47 Å². The predicted octanol–water partition coefficient (Wildman–Crippen LogP) is 0.919. The van der Waals surface area contributed by atoms with E-state index in [-0.39, 0.29) is 27.0 Å². The van der Waals surface area contributed by atoms with Gasteiger partial charge in [0.05, 0.1) is 12.5 Å². The minimum Gasteiger partial charge on any atom is -0.544 e. The van der Waals surface area contributed by atoms with Gasteiger partial charge in [0, 0.05) is 24.1 Å². The summed E-state index contributed by atoms with van der Waals surface area (Å²) in [5.41, 5.74) is 2.81. The Balaban J connectivity index is 1.77. The Kier molecular flexibility index (Phi) is 2.69. The number of ether oxygens (including phenoxy) is 2. The number of rotatable bonds is 3. The van der Waals surface area contributed by atoms with Crippen molar-refractivity contribution in [3.8, 4) is 11.5 Å². The highest BCUT2D eigenvalue weighted by Crippen LogP contribution is 2.62. The lowest BCUT2D eigenvalue weighted by molar-refractivity contribution is 0.0324. The van der Waals surface area contributed by atoms with Gasteiger partial charge in [0.1, 0.15) is 12.2 Å². The zero-order chi connectivity index (χ0) is 15.8. The molecule has 2 bridgehead atoms. The maximum Gasteiger partial charge on any atom is 0.209 e. The number of hydrogen-bond donors (Lipinski definition) is 0. The summed E-state index contributed by atoms with van der Waals surface area (Å²) in [6.45, 7) is 1.02. The molecule has 23 heavy (non-hydrogen) atoms. The van der Waals surface area contributed by atoms with Crippen LogP contribution in [0.4, 0.5) is 0 Å². The summed E-state index contributed by atoms with van der Waals surface area (Å²) in [7, 11) is 3.70. The highest BCUT2D eigenvalue weighted by molar-refractivity contribution is 6.34. The van der Waals surface area contributed by atoms with Crippen molar-refractivity contribution in [2.75, 3.05) is 20.7 Å². The van der Waals surface area contributed by atoms with E-state index >= 15 is 0 Å². The summed E-state index contributed by atoms with van der Waals surface area (Å²) in [6.07, 6.45) is 9.64. The number of hydrogen-bond acceptors (Lipinski definition) is 4. The van der Waals surface area contributed by atoms with Gasteiger partial charge >= 0.3 is 0 Å². The van der Waals surface area contributed by atoms with Gasteiger partial charge in [-0.25, -0.2) is 0 Å². The minimum atomic E-state index is -0.260. The monoisotopic (exact) mass is 327 g/mol. The summed E-state index contributed by atoms with van der Waals surface area (Å²) in [6, 6.07) is 4.84. The molecule has 1 aromatic rings. The highest BCUT2D eigenvalue weighted by atomic mass is 28.2. The molecule has 1 fully saturated rings. The quantitative estimate of drug-likeness (QED) is 0.610. The Bertz CT molecular complexity index is 733. The van der Waals surface area contributed by atoms with Crippen molar-refractivity contribution in [2.45, 2.75) is 30.1 Å². The normalized spacial score (nSPS) is 38.9. The largest absolute Gasteiger partial charge is 0.544 e. The Labute approximate surface area is 138 Å². The van der Waals surface area contributed by atoms with Crippen molar-refractivity contribution < 1.29 is 13.9 Å². The minimum absolute atomic E-state index is 0.00486. The molecule has 0 radical (unpaired) electrons. The molecule has 5 rings (SSSR count). The van der Waals surface area contributed by atoms with Crippen LogP contribution in [0.2, 0.25) is 0 Å². The first-order valence-corrected chi connectivity index (χ1v) is 9.51. The molecule has 0 aromatic heterocycles. The first kappa shape index (κ1) is 13.8. The van der Waals surface area contributed by atoms with Crippen LogP contribution in [-0.2, 0) is 16.3 Å². The first-order valence-electron chi connectivity index (χ1n) is 8.22. The van der Waals surface area contributed by atoms with Crippen LogP contribution in [0.25, 0.3) is 0 Å². The van der Waals surface area contributed by atoms with Crippen molar-refractivity contribution in [1.29, 1.82) is 0 Å². The van der Waals surface area contributed by atoms with E-state index in [9.17, 15) is 0 Å². The molecule has 2 aliphatic carbocycles. The van der Waals surface area contributed by atoms with Crippen LogP contribution >= 0.6 is 0 Å². The van der Waals surface area contributed by atoms with Gasteiger partial charge < -0.3 is 18.8 Å². The fraction of sp³-hybridized carbons (Fsp3) is 0.500. The molecule has 1 aromatic carbocycles. The molecule has 5 heteroatoms. The van der Waals surface area contributed by atoms with E-state index in [0.717, 1.165) is 24.5 Å². The SMILES string of the molecule is C=[SiH]OC1C=CC2C3Cc4ccc(OC)c5c4[C@@]2(CN3C)C1O5. The maximum atomic E-state index is 6.52. The van der Waals surface area contributed by atoms with Crippen molar-refractivity contribution in [1.82, 2.24) is 4.90 Å². The number of likely N-dealkylation sites (tertiary alicyclic amines) is 1. The van der Waals surface area contributed by atoms with E-state index in [1.54, 1.807) is 7.11 Å². The van der Waals surface area contributed by atoms with E-state index in [1.165, 1.54) is 11.1 Å². The zero-order valence-electron chi connectivity index (χ0n) is 13.5. The second-order valence-electron chi connectivity index (χ2n) is 7.07. The average molecular weight is 327 g/mol. The Hall–Kier alpha value is -1.59. The number of nitrogens with zero attached hydrogens (tertiary/aromatic N) is 1. The van der Waals surface area contributed by atoms with Crippen LogP contribution in [0, 0.1) is 5.92 Å². The molecule has 2 aliphatic heterocycles.